The van der Waals surface area contributed by atoms with Gasteiger partial charge in [0, 0.05) is 16.6 Å². The Balaban J connectivity index is 1.43. The smallest absolute Gasteiger partial charge is 0.416 e. The molecule has 1 aliphatic heterocycles. The van der Waals surface area contributed by atoms with Crippen molar-refractivity contribution < 1.29 is 27.4 Å². The van der Waals surface area contributed by atoms with Gasteiger partial charge in [0.05, 0.1) is 11.3 Å². The number of carbonyl (C=O) groups is 1. The second-order valence-corrected chi connectivity index (χ2v) is 6.62. The van der Waals surface area contributed by atoms with Gasteiger partial charge >= 0.3 is 12.2 Å². The molecule has 4 rings (SSSR count). The third kappa shape index (κ3) is 3.86. The molecule has 1 aliphatic rings. The molecule has 0 spiro atoms. The molecule has 6 nitrogen and oxygen atoms in total. The van der Waals surface area contributed by atoms with Gasteiger partial charge in [0.25, 0.3) is 0 Å². The number of amides is 2. The zero-order chi connectivity index (χ0) is 19.7. The van der Waals surface area contributed by atoms with Crippen molar-refractivity contribution in [3.05, 3.63) is 53.4 Å². The SMILES string of the molecule is O=C(Nc1cccc(C(F)(F)F)c1)Nc1nc(-c2ccc3c(c2)OCO3)cs1. The lowest BCUT2D eigenvalue weighted by molar-refractivity contribution is -0.137. The highest BCUT2D eigenvalue weighted by molar-refractivity contribution is 7.14. The molecule has 0 radical (unpaired) electrons. The van der Waals surface area contributed by atoms with Crippen LogP contribution < -0.4 is 20.1 Å². The Morgan fingerprint density at radius 1 is 1.07 bits per heavy atom. The molecular weight excluding hydrogens is 395 g/mol. The van der Waals surface area contributed by atoms with Gasteiger partial charge in [-0.1, -0.05) is 6.07 Å². The van der Waals surface area contributed by atoms with Crippen molar-refractivity contribution in [3.8, 4) is 22.8 Å². The quantitative estimate of drug-likeness (QED) is 0.626. The summed E-state index contributed by atoms with van der Waals surface area (Å²) in [6.45, 7) is 0.165. The van der Waals surface area contributed by atoms with Gasteiger partial charge in [0.15, 0.2) is 16.6 Å². The van der Waals surface area contributed by atoms with Gasteiger partial charge in [0.2, 0.25) is 6.79 Å². The van der Waals surface area contributed by atoms with Gasteiger partial charge in [-0.05, 0) is 36.4 Å². The van der Waals surface area contributed by atoms with E-state index >= 15 is 0 Å². The van der Waals surface area contributed by atoms with E-state index in [4.69, 9.17) is 9.47 Å². The van der Waals surface area contributed by atoms with Gasteiger partial charge < -0.3 is 14.8 Å². The summed E-state index contributed by atoms with van der Waals surface area (Å²) in [4.78, 5) is 16.4. The molecule has 2 aromatic carbocycles. The summed E-state index contributed by atoms with van der Waals surface area (Å²) in [5.74, 6) is 1.26. The maximum Gasteiger partial charge on any atom is 0.416 e. The molecule has 0 fully saturated rings. The molecule has 0 atom stereocenters. The van der Waals surface area contributed by atoms with Gasteiger partial charge in [-0.2, -0.15) is 13.2 Å². The molecule has 144 valence electrons. The summed E-state index contributed by atoms with van der Waals surface area (Å²) >= 11 is 1.19. The fraction of sp³-hybridized carbons (Fsp3) is 0.111. The Hall–Kier alpha value is -3.27. The second-order valence-electron chi connectivity index (χ2n) is 5.76. The van der Waals surface area contributed by atoms with Crippen LogP contribution in [0.15, 0.2) is 47.8 Å². The third-order valence-electron chi connectivity index (χ3n) is 3.84. The predicted molar refractivity (Wildman–Crippen MR) is 97.8 cm³/mol. The van der Waals surface area contributed by atoms with E-state index in [-0.39, 0.29) is 12.5 Å². The molecule has 2 heterocycles. The first-order valence-corrected chi connectivity index (χ1v) is 8.87. The summed E-state index contributed by atoms with van der Waals surface area (Å²) in [7, 11) is 0. The lowest BCUT2D eigenvalue weighted by atomic mass is 10.1. The first-order valence-electron chi connectivity index (χ1n) is 7.99. The molecular formula is C18H12F3N3O3S. The monoisotopic (exact) mass is 407 g/mol. The van der Waals surface area contributed by atoms with Crippen LogP contribution in [0.4, 0.5) is 28.8 Å². The van der Waals surface area contributed by atoms with Crippen molar-refractivity contribution in [2.24, 2.45) is 0 Å². The number of nitrogens with one attached hydrogen (secondary N) is 2. The average molecular weight is 407 g/mol. The molecule has 2 N–H and O–H groups in total. The molecule has 10 heteroatoms. The van der Waals surface area contributed by atoms with Crippen LogP contribution in [0.25, 0.3) is 11.3 Å². The van der Waals surface area contributed by atoms with Crippen molar-refractivity contribution in [1.29, 1.82) is 0 Å². The highest BCUT2D eigenvalue weighted by Gasteiger charge is 2.30. The zero-order valence-corrected chi connectivity index (χ0v) is 14.9. The maximum absolute atomic E-state index is 12.7. The van der Waals surface area contributed by atoms with Crippen LogP contribution in [0.1, 0.15) is 5.56 Å². The van der Waals surface area contributed by atoms with E-state index in [0.717, 1.165) is 17.7 Å². The maximum atomic E-state index is 12.7. The number of hydrogen-bond acceptors (Lipinski definition) is 5. The van der Waals surface area contributed by atoms with Crippen LogP contribution >= 0.6 is 11.3 Å². The van der Waals surface area contributed by atoms with E-state index < -0.39 is 17.8 Å². The van der Waals surface area contributed by atoms with Crippen molar-refractivity contribution in [2.45, 2.75) is 6.18 Å². The van der Waals surface area contributed by atoms with Crippen LogP contribution in [0.5, 0.6) is 11.5 Å². The summed E-state index contributed by atoms with van der Waals surface area (Å²) in [5.41, 5.74) is 0.592. The van der Waals surface area contributed by atoms with Crippen molar-refractivity contribution in [2.75, 3.05) is 17.4 Å². The van der Waals surface area contributed by atoms with Crippen molar-refractivity contribution in [3.63, 3.8) is 0 Å². The topological polar surface area (TPSA) is 72.5 Å². The van der Waals surface area contributed by atoms with E-state index in [1.807, 2.05) is 6.07 Å². The molecule has 0 aliphatic carbocycles. The Bertz CT molecular complexity index is 1040. The molecule has 0 unspecified atom stereocenters. The number of thiazole rings is 1. The largest absolute Gasteiger partial charge is 0.454 e. The Labute approximate surface area is 160 Å². The highest BCUT2D eigenvalue weighted by atomic mass is 32.1. The lowest BCUT2D eigenvalue weighted by Gasteiger charge is -2.09. The van der Waals surface area contributed by atoms with Crippen molar-refractivity contribution >= 4 is 28.2 Å². The minimum atomic E-state index is -4.48. The van der Waals surface area contributed by atoms with Crippen LogP contribution in [0, 0.1) is 0 Å². The first kappa shape index (κ1) is 18.1. The minimum Gasteiger partial charge on any atom is -0.454 e. The summed E-state index contributed by atoms with van der Waals surface area (Å²) in [6, 6.07) is 9.06. The molecule has 0 saturated carbocycles. The number of aromatic nitrogens is 1. The number of hydrogen-bond donors (Lipinski definition) is 2. The number of alkyl halides is 3. The minimum absolute atomic E-state index is 0.0277. The Kier molecular flexibility index (Phi) is 4.55. The molecule has 28 heavy (non-hydrogen) atoms. The zero-order valence-electron chi connectivity index (χ0n) is 14.0. The van der Waals surface area contributed by atoms with Gasteiger partial charge in [-0.3, -0.25) is 5.32 Å². The van der Waals surface area contributed by atoms with E-state index in [1.165, 1.54) is 23.5 Å². The predicted octanol–water partition coefficient (Wildman–Crippen LogP) is 5.20. The van der Waals surface area contributed by atoms with E-state index in [9.17, 15) is 18.0 Å². The fourth-order valence-corrected chi connectivity index (χ4v) is 3.27. The number of fused-ring (bicyclic) bond motifs is 1. The fourth-order valence-electron chi connectivity index (χ4n) is 2.55. The third-order valence-corrected chi connectivity index (χ3v) is 4.60. The Morgan fingerprint density at radius 2 is 1.89 bits per heavy atom. The van der Waals surface area contributed by atoms with E-state index in [1.54, 1.807) is 17.5 Å². The summed E-state index contributed by atoms with van der Waals surface area (Å²) in [6.07, 6.45) is -4.48. The Morgan fingerprint density at radius 3 is 2.71 bits per heavy atom. The molecule has 1 aromatic heterocycles. The van der Waals surface area contributed by atoms with Crippen LogP contribution in [-0.4, -0.2) is 17.8 Å². The number of ether oxygens (including phenoxy) is 2. The molecule has 0 saturated heterocycles. The van der Waals surface area contributed by atoms with Crippen molar-refractivity contribution in [1.82, 2.24) is 4.98 Å². The number of anilines is 2. The number of rotatable bonds is 3. The number of halogens is 3. The lowest BCUT2D eigenvalue weighted by Crippen LogP contribution is -2.19. The van der Waals surface area contributed by atoms with E-state index in [2.05, 4.69) is 15.6 Å². The number of carbonyl (C=O) groups excluding carboxylic acids is 1. The summed E-state index contributed by atoms with van der Waals surface area (Å²) < 4.78 is 48.8. The highest BCUT2D eigenvalue weighted by Crippen LogP contribution is 2.36. The first-order chi connectivity index (χ1) is 13.4. The number of benzene rings is 2. The van der Waals surface area contributed by atoms with Crippen LogP contribution in [0.2, 0.25) is 0 Å². The van der Waals surface area contributed by atoms with Gasteiger partial charge in [-0.25, -0.2) is 9.78 Å². The molecule has 0 bridgehead atoms. The number of urea groups is 1. The molecule has 3 aromatic rings. The molecule has 2 amide bonds. The normalized spacial score (nSPS) is 12.7. The van der Waals surface area contributed by atoms with Gasteiger partial charge in [0.1, 0.15) is 0 Å². The second kappa shape index (κ2) is 7.04. The van der Waals surface area contributed by atoms with Crippen LogP contribution in [-0.2, 0) is 6.18 Å². The summed E-state index contributed by atoms with van der Waals surface area (Å²) in [5, 5.41) is 6.93. The van der Waals surface area contributed by atoms with Crippen LogP contribution in [0.3, 0.4) is 0 Å². The number of nitrogens with zero attached hydrogens (tertiary/aromatic N) is 1. The van der Waals surface area contributed by atoms with E-state index in [0.29, 0.717) is 22.3 Å². The standard InChI is InChI=1S/C18H12F3N3O3S/c19-18(20,21)11-2-1-3-12(7-11)22-16(25)24-17-23-13(8-28-17)10-4-5-14-15(6-10)27-9-26-14/h1-8H,9H2,(H2,22,23,24,25). The van der Waals surface area contributed by atoms with Gasteiger partial charge in [-0.15, -0.1) is 11.3 Å². The average Bonchev–Trinajstić information content (AvgIpc) is 3.29.